The summed E-state index contributed by atoms with van der Waals surface area (Å²) in [5.41, 5.74) is 9.27. The van der Waals surface area contributed by atoms with Gasteiger partial charge < -0.3 is 20.3 Å². The summed E-state index contributed by atoms with van der Waals surface area (Å²) in [4.78, 5) is 11.5. The smallest absolute Gasteiger partial charge is 0.236 e. The molecule has 0 saturated heterocycles. The normalized spacial score (nSPS) is 13.9. The van der Waals surface area contributed by atoms with E-state index in [1.54, 1.807) is 12.1 Å². The van der Waals surface area contributed by atoms with E-state index in [9.17, 15) is 9.90 Å². The molecule has 1 aliphatic carbocycles. The average Bonchev–Trinajstić information content (AvgIpc) is 3.69. The highest BCUT2D eigenvalue weighted by Crippen LogP contribution is 2.37. The predicted molar refractivity (Wildman–Crippen MR) is 140 cm³/mol. The van der Waals surface area contributed by atoms with Gasteiger partial charge in [-0.15, -0.1) is 0 Å². The summed E-state index contributed by atoms with van der Waals surface area (Å²) in [6, 6.07) is 18.9. The van der Waals surface area contributed by atoms with Gasteiger partial charge in [-0.1, -0.05) is 60.1 Å². The van der Waals surface area contributed by atoms with Crippen molar-refractivity contribution < 1.29 is 19.4 Å². The lowest BCUT2D eigenvalue weighted by molar-refractivity contribution is -0.120. The fourth-order valence-corrected chi connectivity index (χ4v) is 4.48. The number of ether oxygens (including phenoxy) is 2. The largest absolute Gasteiger partial charge is 0.493 e. The van der Waals surface area contributed by atoms with E-state index in [1.807, 2.05) is 30.3 Å². The second kappa shape index (κ2) is 11.9. The molecule has 1 fully saturated rings. The molecule has 0 heterocycles. The minimum atomic E-state index is -0.852. The molecule has 0 aliphatic heterocycles. The lowest BCUT2D eigenvalue weighted by Crippen LogP contribution is -2.43. The highest BCUT2D eigenvalue weighted by atomic mass is 79.9. The van der Waals surface area contributed by atoms with Crippen molar-refractivity contribution >= 4 is 33.4 Å². The summed E-state index contributed by atoms with van der Waals surface area (Å²) in [7, 11) is 0. The van der Waals surface area contributed by atoms with E-state index in [0.717, 1.165) is 39.6 Å². The molecule has 4 N–H and O–H groups in total. The Labute approximate surface area is 218 Å². The number of rotatable bonds is 12. The van der Waals surface area contributed by atoms with Gasteiger partial charge in [0.05, 0.1) is 18.2 Å². The van der Waals surface area contributed by atoms with Gasteiger partial charge in [0.1, 0.15) is 24.1 Å². The third-order valence-corrected chi connectivity index (χ3v) is 7.13. The van der Waals surface area contributed by atoms with Crippen LogP contribution in [-0.4, -0.2) is 30.3 Å². The first-order valence-electron chi connectivity index (χ1n) is 11.5. The number of carbonyl (C=O) groups is 1. The molecule has 0 aromatic heterocycles. The van der Waals surface area contributed by atoms with Crippen LogP contribution in [0.5, 0.6) is 11.5 Å². The van der Waals surface area contributed by atoms with Crippen LogP contribution in [0.25, 0.3) is 11.1 Å². The van der Waals surface area contributed by atoms with Crippen LogP contribution in [0.15, 0.2) is 65.1 Å². The summed E-state index contributed by atoms with van der Waals surface area (Å²) >= 11 is 10.3. The number of aliphatic hydroxyl groups excluding tert-OH is 1. The van der Waals surface area contributed by atoms with Gasteiger partial charge in [0.2, 0.25) is 5.91 Å². The van der Waals surface area contributed by atoms with Crippen molar-refractivity contribution in [2.24, 2.45) is 11.7 Å². The maximum Gasteiger partial charge on any atom is 0.236 e. The minimum absolute atomic E-state index is 0.263. The quantitative estimate of drug-likeness (QED) is 0.288. The molecule has 0 spiro atoms. The van der Waals surface area contributed by atoms with E-state index < -0.39 is 11.9 Å². The average molecular weight is 560 g/mol. The van der Waals surface area contributed by atoms with Crippen molar-refractivity contribution in [2.75, 3.05) is 13.2 Å². The third kappa shape index (κ3) is 6.76. The number of primary amides is 1. The molecule has 1 atom stereocenters. The molecule has 0 unspecified atom stereocenters. The number of carbonyl (C=O) groups excluding carboxylic acids is 1. The zero-order chi connectivity index (χ0) is 24.8. The lowest BCUT2D eigenvalue weighted by Gasteiger charge is -2.18. The molecule has 1 aliphatic rings. The van der Waals surface area contributed by atoms with E-state index in [1.165, 1.54) is 0 Å². The number of aliphatic hydroxyl groups is 1. The van der Waals surface area contributed by atoms with E-state index in [4.69, 9.17) is 26.8 Å². The lowest BCUT2D eigenvalue weighted by atomic mass is 10.0. The number of amides is 1. The maximum absolute atomic E-state index is 11.5. The van der Waals surface area contributed by atoms with Crippen molar-refractivity contribution in [1.29, 1.82) is 0 Å². The topological polar surface area (TPSA) is 93.8 Å². The first kappa shape index (κ1) is 25.5. The van der Waals surface area contributed by atoms with Gasteiger partial charge in [-0.3, -0.25) is 10.1 Å². The molecule has 1 amide bonds. The van der Waals surface area contributed by atoms with E-state index in [-0.39, 0.29) is 13.2 Å². The standard InChI is InChI=1S/C27H28BrClN2O4/c28-26-19(7-4-8-21(26)18-5-2-1-3-6-18)16-35-25-12-24(34-15-17-9-10-17)20(11-22(25)29)13-31-23(14-32)27(30)33/h1-8,11-12,17,23,31-32H,9-10,13-16H2,(H2,30,33)/t23-/m0/s1. The minimum Gasteiger partial charge on any atom is -0.493 e. The molecule has 35 heavy (non-hydrogen) atoms. The van der Waals surface area contributed by atoms with Crippen LogP contribution in [0.1, 0.15) is 24.0 Å². The van der Waals surface area contributed by atoms with Crippen molar-refractivity contribution in [3.05, 3.63) is 81.3 Å². The molecule has 0 radical (unpaired) electrons. The van der Waals surface area contributed by atoms with Crippen LogP contribution in [0.2, 0.25) is 5.02 Å². The zero-order valence-electron chi connectivity index (χ0n) is 19.2. The third-order valence-electron chi connectivity index (χ3n) is 5.90. The second-order valence-corrected chi connectivity index (χ2v) is 9.80. The molecule has 184 valence electrons. The van der Waals surface area contributed by atoms with Gasteiger partial charge in [-0.25, -0.2) is 0 Å². The molecule has 0 bridgehead atoms. The second-order valence-electron chi connectivity index (χ2n) is 8.60. The Morgan fingerprint density at radius 3 is 2.54 bits per heavy atom. The number of nitrogens with two attached hydrogens (primary N) is 1. The van der Waals surface area contributed by atoms with Crippen LogP contribution >= 0.6 is 27.5 Å². The highest BCUT2D eigenvalue weighted by Gasteiger charge is 2.23. The van der Waals surface area contributed by atoms with Crippen molar-refractivity contribution in [3.8, 4) is 22.6 Å². The van der Waals surface area contributed by atoms with Crippen molar-refractivity contribution in [1.82, 2.24) is 5.32 Å². The van der Waals surface area contributed by atoms with Crippen molar-refractivity contribution in [2.45, 2.75) is 32.0 Å². The van der Waals surface area contributed by atoms with Gasteiger partial charge in [0, 0.05) is 28.2 Å². The van der Waals surface area contributed by atoms with Crippen molar-refractivity contribution in [3.63, 3.8) is 0 Å². The first-order valence-corrected chi connectivity index (χ1v) is 12.7. The predicted octanol–water partition coefficient (Wildman–Crippen LogP) is 5.07. The molecule has 6 nitrogen and oxygen atoms in total. The fraction of sp³-hybridized carbons (Fsp3) is 0.296. The van der Waals surface area contributed by atoms with Gasteiger partial charge in [0.15, 0.2) is 0 Å². The molecule has 3 aromatic rings. The van der Waals surface area contributed by atoms with Crippen LogP contribution < -0.4 is 20.5 Å². The fourth-order valence-electron chi connectivity index (χ4n) is 3.63. The molecule has 4 rings (SSSR count). The Morgan fingerprint density at radius 1 is 1.09 bits per heavy atom. The maximum atomic E-state index is 11.5. The number of hydrogen-bond donors (Lipinski definition) is 3. The van der Waals surface area contributed by atoms with E-state index >= 15 is 0 Å². The molecule has 8 heteroatoms. The summed E-state index contributed by atoms with van der Waals surface area (Å²) < 4.78 is 13.2. The van der Waals surface area contributed by atoms with E-state index in [0.29, 0.717) is 35.7 Å². The van der Waals surface area contributed by atoms with Crippen LogP contribution in [-0.2, 0) is 17.9 Å². The van der Waals surface area contributed by atoms with Gasteiger partial charge in [0.25, 0.3) is 0 Å². The number of benzene rings is 3. The van der Waals surface area contributed by atoms with Gasteiger partial charge in [-0.05, 0) is 51.9 Å². The van der Waals surface area contributed by atoms with E-state index in [2.05, 4.69) is 39.4 Å². The summed E-state index contributed by atoms with van der Waals surface area (Å²) in [6.07, 6.45) is 2.31. The molecular weight excluding hydrogens is 532 g/mol. The highest BCUT2D eigenvalue weighted by molar-refractivity contribution is 9.10. The Balaban J connectivity index is 1.52. The number of nitrogens with one attached hydrogen (secondary N) is 1. The molecular formula is C27H28BrClN2O4. The Bertz CT molecular complexity index is 1170. The Morgan fingerprint density at radius 2 is 1.86 bits per heavy atom. The van der Waals surface area contributed by atoms with Crippen LogP contribution in [0, 0.1) is 5.92 Å². The number of hydrogen-bond acceptors (Lipinski definition) is 5. The van der Waals surface area contributed by atoms with Gasteiger partial charge in [-0.2, -0.15) is 0 Å². The monoisotopic (exact) mass is 558 g/mol. The molecule has 3 aromatic carbocycles. The summed E-state index contributed by atoms with van der Waals surface area (Å²) in [5, 5.41) is 12.8. The molecule has 1 saturated carbocycles. The van der Waals surface area contributed by atoms with Crippen LogP contribution in [0.3, 0.4) is 0 Å². The number of halogens is 2. The zero-order valence-corrected chi connectivity index (χ0v) is 21.5. The Kier molecular flexibility index (Phi) is 8.68. The van der Waals surface area contributed by atoms with Gasteiger partial charge >= 0.3 is 0 Å². The summed E-state index contributed by atoms with van der Waals surface area (Å²) in [5.74, 6) is 1.07. The first-order chi connectivity index (χ1) is 17.0. The Hall–Kier alpha value is -2.58. The summed E-state index contributed by atoms with van der Waals surface area (Å²) in [6.45, 7) is 0.797. The SMILES string of the molecule is NC(=O)[C@H](CO)NCc1cc(Cl)c(OCc2cccc(-c3ccccc3)c2Br)cc1OCC1CC1. The van der Waals surface area contributed by atoms with Crippen LogP contribution in [0.4, 0.5) is 0 Å².